The maximum Gasteiger partial charge on any atom is 0.523 e. The fourth-order valence-corrected chi connectivity index (χ4v) is 3.94. The van der Waals surface area contributed by atoms with E-state index in [0.29, 0.717) is 19.3 Å². The SMILES string of the molecule is CCCCOC[C@@H]1[C@@H](OCCCC)[C@H](OCCCC)C[C@H](OS(=O)(=O)C(F)(F)F)C1(F)F. The molecule has 0 aromatic rings. The van der Waals surface area contributed by atoms with Crippen molar-refractivity contribution in [1.29, 1.82) is 0 Å². The van der Waals surface area contributed by atoms with Gasteiger partial charge in [0.25, 0.3) is 5.92 Å². The van der Waals surface area contributed by atoms with Crippen molar-refractivity contribution < 1.29 is 48.8 Å². The number of rotatable bonds is 15. The second-order valence-corrected chi connectivity index (χ2v) is 9.45. The first-order chi connectivity index (χ1) is 14.9. The van der Waals surface area contributed by atoms with Crippen molar-refractivity contribution in [1.82, 2.24) is 0 Å². The van der Waals surface area contributed by atoms with E-state index in [9.17, 15) is 21.6 Å². The molecule has 0 saturated heterocycles. The fourth-order valence-electron chi connectivity index (χ4n) is 3.32. The molecule has 12 heteroatoms. The molecule has 0 aromatic carbocycles. The molecule has 1 rings (SSSR count). The molecular formula is C20H35F5O6S. The second kappa shape index (κ2) is 13.4. The highest BCUT2D eigenvalue weighted by atomic mass is 32.2. The molecule has 4 atom stereocenters. The Morgan fingerprint density at radius 2 is 1.44 bits per heavy atom. The molecule has 0 amide bonds. The van der Waals surface area contributed by atoms with Crippen LogP contribution in [0.1, 0.15) is 65.7 Å². The summed E-state index contributed by atoms with van der Waals surface area (Å²) in [6.45, 7) is 5.65. The molecule has 1 aliphatic carbocycles. The number of alkyl halides is 5. The molecule has 0 N–H and O–H groups in total. The van der Waals surface area contributed by atoms with Crippen molar-refractivity contribution in [2.24, 2.45) is 5.92 Å². The molecule has 0 heterocycles. The third kappa shape index (κ3) is 8.34. The summed E-state index contributed by atoms with van der Waals surface area (Å²) < 4.78 is 113. The zero-order chi connectivity index (χ0) is 24.4. The van der Waals surface area contributed by atoms with Gasteiger partial charge in [-0.1, -0.05) is 40.0 Å². The van der Waals surface area contributed by atoms with Gasteiger partial charge in [-0.25, -0.2) is 8.78 Å². The molecule has 6 nitrogen and oxygen atoms in total. The summed E-state index contributed by atoms with van der Waals surface area (Å²) in [7, 11) is -6.23. The zero-order valence-electron chi connectivity index (χ0n) is 18.8. The Labute approximate surface area is 187 Å². The van der Waals surface area contributed by atoms with E-state index >= 15 is 8.78 Å². The number of hydrogen-bond acceptors (Lipinski definition) is 6. The Bertz CT molecular complexity index is 628. The summed E-state index contributed by atoms with van der Waals surface area (Å²) >= 11 is 0. The van der Waals surface area contributed by atoms with Gasteiger partial charge in [0, 0.05) is 26.2 Å². The Kier molecular flexibility index (Phi) is 12.3. The zero-order valence-corrected chi connectivity index (χ0v) is 19.7. The van der Waals surface area contributed by atoms with Gasteiger partial charge in [0.1, 0.15) is 6.10 Å². The predicted molar refractivity (Wildman–Crippen MR) is 108 cm³/mol. The van der Waals surface area contributed by atoms with Crippen LogP contribution in [0.5, 0.6) is 0 Å². The van der Waals surface area contributed by atoms with E-state index in [1.165, 1.54) is 0 Å². The van der Waals surface area contributed by atoms with Crippen LogP contribution in [0.3, 0.4) is 0 Å². The van der Waals surface area contributed by atoms with Gasteiger partial charge in [0.15, 0.2) is 0 Å². The highest BCUT2D eigenvalue weighted by molar-refractivity contribution is 7.87. The lowest BCUT2D eigenvalue weighted by molar-refractivity contribution is -0.250. The normalized spacial score (nSPS) is 26.4. The van der Waals surface area contributed by atoms with E-state index < -0.39 is 58.8 Å². The summed E-state index contributed by atoms with van der Waals surface area (Å²) in [5, 5.41) is 0. The van der Waals surface area contributed by atoms with Crippen LogP contribution in [0.15, 0.2) is 0 Å². The monoisotopic (exact) mass is 498 g/mol. The standard InChI is InChI=1S/C20H35F5O6S/c1-4-7-10-28-14-15-18(30-12-9-6-3)16(29-11-8-5-2)13-17(19(15,21)22)31-32(26,27)20(23,24)25/h15-18H,4-14H2,1-3H3/t15-,16-,17+,18-/m1/s1. The van der Waals surface area contributed by atoms with Gasteiger partial charge in [0.05, 0.1) is 24.7 Å². The predicted octanol–water partition coefficient (Wildman–Crippen LogP) is 5.06. The van der Waals surface area contributed by atoms with Crippen molar-refractivity contribution in [3.05, 3.63) is 0 Å². The molecule has 0 aromatic heterocycles. The quantitative estimate of drug-likeness (QED) is 0.136. The lowest BCUT2D eigenvalue weighted by atomic mass is 9.79. The topological polar surface area (TPSA) is 71.1 Å². The smallest absolute Gasteiger partial charge is 0.381 e. The second-order valence-electron chi connectivity index (χ2n) is 7.88. The Morgan fingerprint density at radius 1 is 0.906 bits per heavy atom. The van der Waals surface area contributed by atoms with Crippen molar-refractivity contribution in [3.63, 3.8) is 0 Å². The van der Waals surface area contributed by atoms with Gasteiger partial charge in [-0.15, -0.1) is 0 Å². The molecule has 1 aliphatic rings. The van der Waals surface area contributed by atoms with E-state index in [2.05, 4.69) is 4.18 Å². The highest BCUT2D eigenvalue weighted by Gasteiger charge is 2.62. The summed E-state index contributed by atoms with van der Waals surface area (Å²) in [6, 6.07) is 0. The average molecular weight is 499 g/mol. The van der Waals surface area contributed by atoms with E-state index in [1.54, 1.807) is 0 Å². The maximum absolute atomic E-state index is 15.3. The van der Waals surface area contributed by atoms with Crippen molar-refractivity contribution in [3.8, 4) is 0 Å². The largest absolute Gasteiger partial charge is 0.523 e. The van der Waals surface area contributed by atoms with Gasteiger partial charge < -0.3 is 14.2 Å². The van der Waals surface area contributed by atoms with E-state index in [-0.39, 0.29) is 19.8 Å². The Balaban J connectivity index is 3.21. The molecule has 0 spiro atoms. The molecule has 1 saturated carbocycles. The molecule has 0 radical (unpaired) electrons. The highest BCUT2D eigenvalue weighted by Crippen LogP contribution is 2.45. The number of halogens is 5. The third-order valence-corrected chi connectivity index (χ3v) is 6.29. The number of ether oxygens (including phenoxy) is 3. The first kappa shape index (κ1) is 29.5. The third-order valence-electron chi connectivity index (χ3n) is 5.24. The molecular weight excluding hydrogens is 463 g/mol. The number of hydrogen-bond donors (Lipinski definition) is 0. The van der Waals surface area contributed by atoms with Crippen molar-refractivity contribution >= 4 is 10.1 Å². The Hall–Kier alpha value is -0.560. The maximum atomic E-state index is 15.3. The lowest BCUT2D eigenvalue weighted by Gasteiger charge is -2.45. The van der Waals surface area contributed by atoms with Crippen molar-refractivity contribution in [2.45, 2.75) is 95.5 Å². The van der Waals surface area contributed by atoms with Crippen molar-refractivity contribution in [2.75, 3.05) is 26.4 Å². The minimum absolute atomic E-state index is 0.155. The lowest BCUT2D eigenvalue weighted by Crippen LogP contribution is -2.61. The van der Waals surface area contributed by atoms with Gasteiger partial charge >= 0.3 is 15.6 Å². The van der Waals surface area contributed by atoms with Crippen LogP contribution in [-0.4, -0.2) is 64.6 Å². The minimum atomic E-state index is -6.23. The molecule has 0 unspecified atom stereocenters. The summed E-state index contributed by atoms with van der Waals surface area (Å²) in [4.78, 5) is 0. The summed E-state index contributed by atoms with van der Waals surface area (Å²) in [6.07, 6.45) is -1.49. The van der Waals surface area contributed by atoms with Crippen LogP contribution in [-0.2, 0) is 28.5 Å². The number of unbranched alkanes of at least 4 members (excludes halogenated alkanes) is 3. The average Bonchev–Trinajstić information content (AvgIpc) is 2.69. The first-order valence-electron chi connectivity index (χ1n) is 11.1. The first-order valence-corrected chi connectivity index (χ1v) is 12.5. The van der Waals surface area contributed by atoms with Gasteiger partial charge in [-0.3, -0.25) is 4.18 Å². The van der Waals surface area contributed by atoms with Gasteiger partial charge in [-0.05, 0) is 19.3 Å². The van der Waals surface area contributed by atoms with Crippen LogP contribution in [0, 0.1) is 5.92 Å². The van der Waals surface area contributed by atoms with Crippen LogP contribution in [0.25, 0.3) is 0 Å². The summed E-state index contributed by atoms with van der Waals surface area (Å²) in [5.41, 5.74) is -5.82. The van der Waals surface area contributed by atoms with Crippen LogP contribution in [0.4, 0.5) is 22.0 Å². The van der Waals surface area contributed by atoms with E-state index in [4.69, 9.17) is 14.2 Å². The molecule has 192 valence electrons. The summed E-state index contributed by atoms with van der Waals surface area (Å²) in [5.74, 6) is -5.68. The van der Waals surface area contributed by atoms with Crippen LogP contribution < -0.4 is 0 Å². The minimum Gasteiger partial charge on any atom is -0.381 e. The molecule has 1 fully saturated rings. The molecule has 0 bridgehead atoms. The van der Waals surface area contributed by atoms with Gasteiger partial charge in [-0.2, -0.15) is 21.6 Å². The van der Waals surface area contributed by atoms with E-state index in [1.807, 2.05) is 20.8 Å². The molecule has 0 aliphatic heterocycles. The van der Waals surface area contributed by atoms with Gasteiger partial charge in [0.2, 0.25) is 0 Å². The Morgan fingerprint density at radius 3 is 1.97 bits per heavy atom. The molecule has 32 heavy (non-hydrogen) atoms. The fraction of sp³-hybridized carbons (Fsp3) is 1.00. The van der Waals surface area contributed by atoms with Crippen LogP contribution in [0.2, 0.25) is 0 Å². The van der Waals surface area contributed by atoms with Crippen LogP contribution >= 0.6 is 0 Å². The van der Waals surface area contributed by atoms with E-state index in [0.717, 1.165) is 19.3 Å².